The minimum absolute atomic E-state index is 0.101. The first-order valence-corrected chi connectivity index (χ1v) is 9.07. The van der Waals surface area contributed by atoms with E-state index in [1.165, 1.54) is 12.1 Å². The fraction of sp³-hybridized carbons (Fsp3) is 0.227. The van der Waals surface area contributed by atoms with Crippen LogP contribution in [-0.2, 0) is 11.0 Å². The van der Waals surface area contributed by atoms with Crippen molar-refractivity contribution in [3.8, 4) is 0 Å². The third-order valence-corrected chi connectivity index (χ3v) is 4.58. The highest BCUT2D eigenvalue weighted by Crippen LogP contribution is 2.28. The number of alkyl halides is 3. The molecular formula is C22H21F3N2O. The molecule has 28 heavy (non-hydrogen) atoms. The number of carbonyl (C=O) groups is 1. The maximum atomic E-state index is 12.1. The minimum atomic E-state index is -4.21. The highest BCUT2D eigenvalue weighted by Gasteiger charge is 2.29. The number of fused-ring (bicyclic) bond motifs is 1. The second kappa shape index (κ2) is 8.89. The Morgan fingerprint density at radius 1 is 0.929 bits per heavy atom. The lowest BCUT2D eigenvalue weighted by atomic mass is 10.1. The van der Waals surface area contributed by atoms with Gasteiger partial charge in [-0.1, -0.05) is 66.7 Å². The summed E-state index contributed by atoms with van der Waals surface area (Å²) in [5.74, 6) is 0.223. The number of hydrogen-bond acceptors (Lipinski definition) is 2. The molecule has 0 aliphatic carbocycles. The smallest absolute Gasteiger partial charge is 0.325 e. The second-order valence-corrected chi connectivity index (χ2v) is 6.57. The predicted octanol–water partition coefficient (Wildman–Crippen LogP) is 5.09. The Kier molecular flexibility index (Phi) is 6.31. The van der Waals surface area contributed by atoms with Crippen molar-refractivity contribution in [1.82, 2.24) is 5.32 Å². The van der Waals surface area contributed by atoms with E-state index in [1.54, 1.807) is 6.07 Å². The van der Waals surface area contributed by atoms with E-state index >= 15 is 0 Å². The van der Waals surface area contributed by atoms with E-state index in [2.05, 4.69) is 22.8 Å². The van der Waals surface area contributed by atoms with Gasteiger partial charge in [0, 0.05) is 17.6 Å². The Morgan fingerprint density at radius 3 is 2.25 bits per heavy atom. The van der Waals surface area contributed by atoms with Crippen LogP contribution in [-0.4, -0.2) is 19.0 Å². The summed E-state index contributed by atoms with van der Waals surface area (Å²) in [5.41, 5.74) is 0.306. The van der Waals surface area contributed by atoms with E-state index in [1.807, 2.05) is 30.3 Å². The molecule has 146 valence electrons. The monoisotopic (exact) mass is 386 g/mol. The fourth-order valence-corrected chi connectivity index (χ4v) is 3.07. The molecule has 1 amide bonds. The maximum absolute atomic E-state index is 12.1. The van der Waals surface area contributed by atoms with Crippen molar-refractivity contribution in [3.63, 3.8) is 0 Å². The van der Waals surface area contributed by atoms with Crippen LogP contribution in [0.15, 0.2) is 72.8 Å². The predicted molar refractivity (Wildman–Crippen MR) is 105 cm³/mol. The number of rotatable bonds is 2. The Hall–Kier alpha value is -2.86. The van der Waals surface area contributed by atoms with Crippen molar-refractivity contribution in [2.45, 2.75) is 12.6 Å². The van der Waals surface area contributed by atoms with Gasteiger partial charge >= 0.3 is 6.18 Å². The van der Waals surface area contributed by atoms with Crippen molar-refractivity contribution in [3.05, 3.63) is 78.4 Å². The first kappa shape index (κ1) is 19.9. The van der Waals surface area contributed by atoms with E-state index in [9.17, 15) is 18.0 Å². The zero-order valence-electron chi connectivity index (χ0n) is 15.2. The molecule has 1 aliphatic heterocycles. The summed E-state index contributed by atoms with van der Waals surface area (Å²) in [5, 5.41) is 8.51. The third kappa shape index (κ3) is 5.10. The SMILES string of the molecule is FC(F)(F)c1ccccc1.O=C(Nc1cccc2ccccc12)[C@@H]1CCNC1. The van der Waals surface area contributed by atoms with Gasteiger partial charge in [0.2, 0.25) is 5.91 Å². The molecule has 3 nitrogen and oxygen atoms in total. The van der Waals surface area contributed by atoms with E-state index in [0.29, 0.717) is 0 Å². The van der Waals surface area contributed by atoms with Crippen molar-refractivity contribution < 1.29 is 18.0 Å². The Balaban J connectivity index is 0.000000192. The van der Waals surface area contributed by atoms with Gasteiger partial charge in [-0.3, -0.25) is 4.79 Å². The van der Waals surface area contributed by atoms with E-state index in [-0.39, 0.29) is 11.8 Å². The van der Waals surface area contributed by atoms with Crippen LogP contribution < -0.4 is 10.6 Å². The van der Waals surface area contributed by atoms with Gasteiger partial charge in [0.25, 0.3) is 0 Å². The van der Waals surface area contributed by atoms with E-state index < -0.39 is 11.7 Å². The lowest BCUT2D eigenvalue weighted by molar-refractivity contribution is -0.137. The Labute approximate surface area is 161 Å². The molecule has 6 heteroatoms. The van der Waals surface area contributed by atoms with Gasteiger partial charge < -0.3 is 10.6 Å². The number of anilines is 1. The van der Waals surface area contributed by atoms with Crippen LogP contribution in [0.2, 0.25) is 0 Å². The van der Waals surface area contributed by atoms with E-state index in [4.69, 9.17) is 0 Å². The molecule has 0 unspecified atom stereocenters. The molecule has 4 rings (SSSR count). The molecule has 3 aromatic carbocycles. The molecule has 0 saturated carbocycles. The van der Waals surface area contributed by atoms with Crippen LogP contribution in [0, 0.1) is 5.92 Å². The molecule has 0 bridgehead atoms. The third-order valence-electron chi connectivity index (χ3n) is 4.58. The van der Waals surface area contributed by atoms with E-state index in [0.717, 1.165) is 48.1 Å². The van der Waals surface area contributed by atoms with Gasteiger partial charge in [-0.15, -0.1) is 0 Å². The van der Waals surface area contributed by atoms with Crippen LogP contribution in [0.1, 0.15) is 12.0 Å². The average Bonchev–Trinajstić information content (AvgIpc) is 3.24. The lowest BCUT2D eigenvalue weighted by Crippen LogP contribution is -2.24. The topological polar surface area (TPSA) is 41.1 Å². The highest BCUT2D eigenvalue weighted by atomic mass is 19.4. The fourth-order valence-electron chi connectivity index (χ4n) is 3.07. The van der Waals surface area contributed by atoms with Gasteiger partial charge in [0.05, 0.1) is 11.5 Å². The second-order valence-electron chi connectivity index (χ2n) is 6.57. The van der Waals surface area contributed by atoms with Gasteiger partial charge in [0.15, 0.2) is 0 Å². The molecule has 3 aromatic rings. The summed E-state index contributed by atoms with van der Waals surface area (Å²) in [6, 6.07) is 20.5. The maximum Gasteiger partial charge on any atom is 0.416 e. The largest absolute Gasteiger partial charge is 0.416 e. The molecule has 2 N–H and O–H groups in total. The molecule has 0 spiro atoms. The summed E-state index contributed by atoms with van der Waals surface area (Å²) in [7, 11) is 0. The Morgan fingerprint density at radius 2 is 1.61 bits per heavy atom. The summed E-state index contributed by atoms with van der Waals surface area (Å²) in [6.45, 7) is 1.73. The molecule has 0 radical (unpaired) electrons. The van der Waals surface area contributed by atoms with Crippen LogP contribution in [0.4, 0.5) is 18.9 Å². The first-order chi connectivity index (χ1) is 13.4. The standard InChI is InChI=1S/C15H16N2O.C7H5F3/c18-15(12-8-9-16-10-12)17-14-7-3-5-11-4-1-2-6-13(11)14;8-7(9,10)6-4-2-1-3-5-6/h1-7,12,16H,8-10H2,(H,17,18);1-5H/t12-;/m1./s1. The lowest BCUT2D eigenvalue weighted by Gasteiger charge is -2.12. The molecule has 0 aromatic heterocycles. The molecule has 1 fully saturated rings. The normalized spacial score (nSPS) is 16.3. The average molecular weight is 386 g/mol. The first-order valence-electron chi connectivity index (χ1n) is 9.07. The summed E-state index contributed by atoms with van der Waals surface area (Å²) >= 11 is 0. The van der Waals surface area contributed by atoms with Gasteiger partial charge in [-0.05, 0) is 24.4 Å². The van der Waals surface area contributed by atoms with Crippen molar-refractivity contribution in [2.75, 3.05) is 18.4 Å². The molecule has 1 heterocycles. The minimum Gasteiger partial charge on any atom is -0.325 e. The van der Waals surface area contributed by atoms with Crippen LogP contribution in [0.25, 0.3) is 10.8 Å². The van der Waals surface area contributed by atoms with Gasteiger partial charge in [-0.25, -0.2) is 0 Å². The van der Waals surface area contributed by atoms with Gasteiger partial charge in [0.1, 0.15) is 0 Å². The van der Waals surface area contributed by atoms with Crippen molar-refractivity contribution in [1.29, 1.82) is 0 Å². The number of nitrogens with one attached hydrogen (secondary N) is 2. The molecule has 1 atom stereocenters. The van der Waals surface area contributed by atoms with Gasteiger partial charge in [-0.2, -0.15) is 13.2 Å². The van der Waals surface area contributed by atoms with Crippen molar-refractivity contribution in [2.24, 2.45) is 5.92 Å². The summed E-state index contributed by atoms with van der Waals surface area (Å²) < 4.78 is 35.4. The number of carbonyl (C=O) groups excluding carboxylic acids is 1. The summed E-state index contributed by atoms with van der Waals surface area (Å²) in [4.78, 5) is 12.1. The summed E-state index contributed by atoms with van der Waals surface area (Å²) in [6.07, 6.45) is -3.28. The van der Waals surface area contributed by atoms with Crippen molar-refractivity contribution >= 4 is 22.4 Å². The van der Waals surface area contributed by atoms with Crippen LogP contribution >= 0.6 is 0 Å². The highest BCUT2D eigenvalue weighted by molar-refractivity contribution is 6.02. The zero-order chi connectivity index (χ0) is 20.0. The molecule has 1 saturated heterocycles. The number of halogens is 3. The zero-order valence-corrected chi connectivity index (χ0v) is 15.2. The number of benzene rings is 3. The molecule has 1 aliphatic rings. The Bertz CT molecular complexity index is 914. The number of hydrogen-bond donors (Lipinski definition) is 2. The number of amides is 1. The molecular weight excluding hydrogens is 365 g/mol. The van der Waals surface area contributed by atoms with Crippen LogP contribution in [0.5, 0.6) is 0 Å². The van der Waals surface area contributed by atoms with Crippen LogP contribution in [0.3, 0.4) is 0 Å². The quantitative estimate of drug-likeness (QED) is 0.644.